The van der Waals surface area contributed by atoms with E-state index in [1.54, 1.807) is 24.3 Å². The van der Waals surface area contributed by atoms with E-state index in [2.05, 4.69) is 20.5 Å². The SMILES string of the molecule is O=[N+]([O-])c1c(Nc2cc(Cl)ccc2Cl)cc(N2CCCCCC2)c2nonc12. The Balaban J connectivity index is 1.87. The average Bonchev–Trinajstić information content (AvgIpc) is 2.98. The topological polar surface area (TPSA) is 97.3 Å². The van der Waals surface area contributed by atoms with Gasteiger partial charge in [-0.05, 0) is 47.4 Å². The molecular formula is C18H17Cl2N5O3. The van der Waals surface area contributed by atoms with E-state index in [0.717, 1.165) is 44.5 Å². The Kier molecular flexibility index (Phi) is 5.23. The van der Waals surface area contributed by atoms with Crippen LogP contribution in [0.3, 0.4) is 0 Å². The molecule has 3 aromatic rings. The summed E-state index contributed by atoms with van der Waals surface area (Å²) in [6.45, 7) is 1.69. The highest BCUT2D eigenvalue weighted by Gasteiger charge is 2.28. The summed E-state index contributed by atoms with van der Waals surface area (Å²) in [5, 5.41) is 23.5. The van der Waals surface area contributed by atoms with Crippen LogP contribution in [0.25, 0.3) is 11.0 Å². The Hall–Kier alpha value is -2.58. The molecule has 0 bridgehead atoms. The summed E-state index contributed by atoms with van der Waals surface area (Å²) in [4.78, 5) is 13.5. The Labute approximate surface area is 170 Å². The number of halogens is 2. The number of aromatic nitrogens is 2. The molecule has 8 nitrogen and oxygen atoms in total. The fourth-order valence-electron chi connectivity index (χ4n) is 3.48. The molecule has 2 aromatic carbocycles. The van der Waals surface area contributed by atoms with Crippen LogP contribution in [0.2, 0.25) is 10.0 Å². The molecule has 146 valence electrons. The van der Waals surface area contributed by atoms with Gasteiger partial charge in [-0.3, -0.25) is 10.1 Å². The minimum Gasteiger partial charge on any atom is -0.370 e. The van der Waals surface area contributed by atoms with Gasteiger partial charge in [-0.1, -0.05) is 36.0 Å². The molecule has 1 aliphatic rings. The van der Waals surface area contributed by atoms with Gasteiger partial charge in [0.05, 0.1) is 21.3 Å². The van der Waals surface area contributed by atoms with Crippen LogP contribution in [-0.2, 0) is 0 Å². The number of nitro groups is 1. The van der Waals surface area contributed by atoms with Gasteiger partial charge in [-0.15, -0.1) is 0 Å². The molecule has 1 N–H and O–H groups in total. The quantitative estimate of drug-likeness (QED) is 0.434. The zero-order valence-electron chi connectivity index (χ0n) is 14.8. The number of nitrogens with zero attached hydrogens (tertiary/aromatic N) is 4. The smallest absolute Gasteiger partial charge is 0.324 e. The average molecular weight is 422 g/mol. The zero-order chi connectivity index (χ0) is 19.7. The van der Waals surface area contributed by atoms with Gasteiger partial charge in [0.25, 0.3) is 0 Å². The number of benzene rings is 2. The van der Waals surface area contributed by atoms with E-state index in [-0.39, 0.29) is 16.9 Å². The maximum absolute atomic E-state index is 11.8. The molecule has 0 unspecified atom stereocenters. The van der Waals surface area contributed by atoms with Gasteiger partial charge in [-0.2, -0.15) is 0 Å². The summed E-state index contributed by atoms with van der Waals surface area (Å²) in [6.07, 6.45) is 4.42. The van der Waals surface area contributed by atoms with E-state index in [4.69, 9.17) is 27.8 Å². The first-order chi connectivity index (χ1) is 13.5. The zero-order valence-corrected chi connectivity index (χ0v) is 16.3. The molecule has 1 fully saturated rings. The first kappa shape index (κ1) is 18.8. The van der Waals surface area contributed by atoms with Crippen molar-refractivity contribution in [1.29, 1.82) is 0 Å². The minimum absolute atomic E-state index is 0.104. The highest BCUT2D eigenvalue weighted by Crippen LogP contribution is 2.41. The number of nitro benzene ring substituents is 1. The number of nitrogens with one attached hydrogen (secondary N) is 1. The molecule has 1 saturated heterocycles. The van der Waals surface area contributed by atoms with E-state index in [1.165, 1.54) is 0 Å². The van der Waals surface area contributed by atoms with Gasteiger partial charge in [0.1, 0.15) is 5.69 Å². The first-order valence-electron chi connectivity index (χ1n) is 8.95. The van der Waals surface area contributed by atoms with Crippen molar-refractivity contribution in [2.75, 3.05) is 23.3 Å². The largest absolute Gasteiger partial charge is 0.370 e. The molecule has 0 spiro atoms. The summed E-state index contributed by atoms with van der Waals surface area (Å²) < 4.78 is 4.86. The van der Waals surface area contributed by atoms with E-state index in [9.17, 15) is 10.1 Å². The summed E-state index contributed by atoms with van der Waals surface area (Å²) in [5.74, 6) is 0. The molecule has 0 amide bonds. The summed E-state index contributed by atoms with van der Waals surface area (Å²) in [7, 11) is 0. The third-order valence-corrected chi connectivity index (χ3v) is 5.38. The molecule has 2 heterocycles. The van der Waals surface area contributed by atoms with Crippen molar-refractivity contribution in [2.45, 2.75) is 25.7 Å². The maximum atomic E-state index is 11.8. The number of fused-ring (bicyclic) bond motifs is 1. The number of rotatable bonds is 4. The summed E-state index contributed by atoms with van der Waals surface area (Å²) in [6, 6.07) is 6.61. The Morgan fingerprint density at radius 3 is 2.46 bits per heavy atom. The van der Waals surface area contributed by atoms with Crippen LogP contribution in [0.4, 0.5) is 22.7 Å². The van der Waals surface area contributed by atoms with E-state index in [0.29, 0.717) is 21.2 Å². The summed E-state index contributed by atoms with van der Waals surface area (Å²) in [5.41, 5.74) is 1.76. The Morgan fingerprint density at radius 1 is 1.04 bits per heavy atom. The van der Waals surface area contributed by atoms with Crippen LogP contribution in [-0.4, -0.2) is 28.3 Å². The molecule has 1 aliphatic heterocycles. The fraction of sp³-hybridized carbons (Fsp3) is 0.333. The number of anilines is 3. The monoisotopic (exact) mass is 421 g/mol. The van der Waals surface area contributed by atoms with Crippen molar-refractivity contribution in [3.8, 4) is 0 Å². The van der Waals surface area contributed by atoms with Crippen molar-refractivity contribution >= 4 is 57.0 Å². The van der Waals surface area contributed by atoms with Gasteiger partial charge >= 0.3 is 5.69 Å². The fourth-order valence-corrected chi connectivity index (χ4v) is 3.82. The molecule has 0 aliphatic carbocycles. The molecule has 28 heavy (non-hydrogen) atoms. The van der Waals surface area contributed by atoms with Crippen molar-refractivity contribution in [2.24, 2.45) is 0 Å². The lowest BCUT2D eigenvalue weighted by Gasteiger charge is -2.23. The normalized spacial score (nSPS) is 14.9. The van der Waals surface area contributed by atoms with Crippen LogP contribution >= 0.6 is 23.2 Å². The third-order valence-electron chi connectivity index (χ3n) is 4.82. The molecule has 10 heteroatoms. The van der Waals surface area contributed by atoms with Gasteiger partial charge in [0.2, 0.25) is 5.52 Å². The molecule has 0 radical (unpaired) electrons. The molecule has 0 atom stereocenters. The summed E-state index contributed by atoms with van der Waals surface area (Å²) >= 11 is 12.3. The predicted molar refractivity (Wildman–Crippen MR) is 109 cm³/mol. The maximum Gasteiger partial charge on any atom is 0.324 e. The lowest BCUT2D eigenvalue weighted by Crippen LogP contribution is -2.24. The Morgan fingerprint density at radius 2 is 1.75 bits per heavy atom. The van der Waals surface area contributed by atoms with Gasteiger partial charge < -0.3 is 10.2 Å². The first-order valence-corrected chi connectivity index (χ1v) is 9.71. The van der Waals surface area contributed by atoms with E-state index >= 15 is 0 Å². The van der Waals surface area contributed by atoms with Crippen LogP contribution < -0.4 is 10.2 Å². The van der Waals surface area contributed by atoms with Crippen LogP contribution in [0, 0.1) is 10.1 Å². The van der Waals surface area contributed by atoms with Gasteiger partial charge in [0, 0.05) is 18.1 Å². The van der Waals surface area contributed by atoms with Crippen molar-refractivity contribution in [3.05, 3.63) is 44.4 Å². The molecule has 1 aromatic heterocycles. The van der Waals surface area contributed by atoms with Crippen LogP contribution in [0.15, 0.2) is 28.9 Å². The number of hydrogen-bond acceptors (Lipinski definition) is 7. The molecule has 0 saturated carbocycles. The van der Waals surface area contributed by atoms with Crippen molar-refractivity contribution < 1.29 is 9.55 Å². The van der Waals surface area contributed by atoms with Crippen LogP contribution in [0.1, 0.15) is 25.7 Å². The Bertz CT molecular complexity index is 1030. The van der Waals surface area contributed by atoms with E-state index < -0.39 is 4.92 Å². The van der Waals surface area contributed by atoms with Crippen molar-refractivity contribution in [1.82, 2.24) is 10.3 Å². The van der Waals surface area contributed by atoms with E-state index in [1.807, 2.05) is 0 Å². The predicted octanol–water partition coefficient (Wildman–Crippen LogP) is 5.56. The lowest BCUT2D eigenvalue weighted by molar-refractivity contribution is -0.382. The van der Waals surface area contributed by atoms with Crippen molar-refractivity contribution in [3.63, 3.8) is 0 Å². The second-order valence-electron chi connectivity index (χ2n) is 6.66. The molecule has 4 rings (SSSR count). The standard InChI is InChI=1S/C18H17Cl2N5O3/c19-11-5-6-12(20)13(9-11)21-14-10-15(24-7-3-1-2-4-8-24)16-17(23-28-22-16)18(14)25(26)27/h5-6,9-10,21H,1-4,7-8H2. The van der Waals surface area contributed by atoms with Gasteiger partial charge in [-0.25, -0.2) is 4.63 Å². The third kappa shape index (κ3) is 3.57. The number of hydrogen-bond donors (Lipinski definition) is 1. The molecular weight excluding hydrogens is 405 g/mol. The minimum atomic E-state index is -0.500. The van der Waals surface area contributed by atoms with Gasteiger partial charge in [0.15, 0.2) is 5.52 Å². The second kappa shape index (κ2) is 7.81. The lowest BCUT2D eigenvalue weighted by atomic mass is 10.1. The highest BCUT2D eigenvalue weighted by molar-refractivity contribution is 6.35. The second-order valence-corrected chi connectivity index (χ2v) is 7.50. The van der Waals surface area contributed by atoms with Crippen LogP contribution in [0.5, 0.6) is 0 Å². The highest BCUT2D eigenvalue weighted by atomic mass is 35.5.